The summed E-state index contributed by atoms with van der Waals surface area (Å²) < 4.78 is 5.37. The zero-order chi connectivity index (χ0) is 22.1. The van der Waals surface area contributed by atoms with Gasteiger partial charge in [-0.05, 0) is 32.3 Å². The van der Waals surface area contributed by atoms with Crippen molar-refractivity contribution < 1.29 is 19.4 Å². The van der Waals surface area contributed by atoms with Crippen LogP contribution in [0.3, 0.4) is 0 Å². The number of carbonyl (C=O) groups excluding carboxylic acids is 2. The maximum atomic E-state index is 13.1. The Labute approximate surface area is 180 Å². The average molecular weight is 419 g/mol. The zero-order valence-electron chi connectivity index (χ0n) is 17.8. The summed E-state index contributed by atoms with van der Waals surface area (Å²) >= 11 is 0. The first-order valence-electron chi connectivity index (χ1n) is 10.1. The van der Waals surface area contributed by atoms with Crippen molar-refractivity contribution in [3.05, 3.63) is 71.4 Å². The smallest absolute Gasteiger partial charge is 0.295 e. The van der Waals surface area contributed by atoms with Gasteiger partial charge in [0.25, 0.3) is 11.7 Å². The van der Waals surface area contributed by atoms with E-state index in [0.717, 1.165) is 16.5 Å². The third-order valence-electron chi connectivity index (χ3n) is 5.61. The summed E-state index contributed by atoms with van der Waals surface area (Å²) in [7, 11) is 5.32. The van der Waals surface area contributed by atoms with E-state index in [0.29, 0.717) is 24.4 Å². The van der Waals surface area contributed by atoms with Crippen LogP contribution in [-0.4, -0.2) is 65.9 Å². The SMILES string of the molecule is COc1ccccc1/C(O)=C1\C(=O)C(=O)N(CCN(C)C)C1c1c[nH]c2ccccc12. The van der Waals surface area contributed by atoms with Gasteiger partial charge in [-0.3, -0.25) is 9.59 Å². The van der Waals surface area contributed by atoms with Crippen LogP contribution in [0.4, 0.5) is 0 Å². The number of nitrogens with zero attached hydrogens (tertiary/aromatic N) is 2. The number of aromatic nitrogens is 1. The second-order valence-corrected chi connectivity index (χ2v) is 7.79. The number of fused-ring (bicyclic) bond motifs is 1. The number of methoxy groups -OCH3 is 1. The lowest BCUT2D eigenvalue weighted by Gasteiger charge is -2.26. The molecule has 4 rings (SSSR count). The Hall–Kier alpha value is -3.58. The van der Waals surface area contributed by atoms with Crippen LogP contribution >= 0.6 is 0 Å². The Balaban J connectivity index is 1.93. The second kappa shape index (κ2) is 8.28. The zero-order valence-corrected chi connectivity index (χ0v) is 17.8. The summed E-state index contributed by atoms with van der Waals surface area (Å²) in [5.41, 5.74) is 2.11. The Bertz CT molecular complexity index is 1180. The molecule has 3 aromatic rings. The first-order chi connectivity index (χ1) is 14.9. The summed E-state index contributed by atoms with van der Waals surface area (Å²) in [6, 6.07) is 13.9. The van der Waals surface area contributed by atoms with Crippen molar-refractivity contribution in [1.82, 2.24) is 14.8 Å². The molecule has 2 heterocycles. The number of aromatic amines is 1. The fourth-order valence-corrected chi connectivity index (χ4v) is 4.05. The number of Topliss-reactive ketones (excluding diaryl/α,β-unsaturated/α-hetero) is 1. The quantitative estimate of drug-likeness (QED) is 0.364. The minimum Gasteiger partial charge on any atom is -0.507 e. The number of likely N-dealkylation sites (tertiary alicyclic amines) is 1. The summed E-state index contributed by atoms with van der Waals surface area (Å²) in [6.45, 7) is 0.936. The molecule has 160 valence electrons. The van der Waals surface area contributed by atoms with Crippen molar-refractivity contribution in [3.63, 3.8) is 0 Å². The number of aliphatic hydroxyl groups is 1. The summed E-state index contributed by atoms with van der Waals surface area (Å²) in [4.78, 5) is 32.9. The molecule has 1 aliphatic heterocycles. The van der Waals surface area contributed by atoms with Crippen LogP contribution in [-0.2, 0) is 9.59 Å². The van der Waals surface area contributed by atoms with E-state index in [1.165, 1.54) is 7.11 Å². The Morgan fingerprint density at radius 3 is 2.58 bits per heavy atom. The highest BCUT2D eigenvalue weighted by Crippen LogP contribution is 2.42. The first-order valence-corrected chi connectivity index (χ1v) is 10.1. The van der Waals surface area contributed by atoms with Crippen LogP contribution in [0.25, 0.3) is 16.7 Å². The van der Waals surface area contributed by atoms with E-state index >= 15 is 0 Å². The number of para-hydroxylation sites is 2. The van der Waals surface area contributed by atoms with E-state index in [9.17, 15) is 14.7 Å². The van der Waals surface area contributed by atoms with Crippen LogP contribution < -0.4 is 4.74 Å². The lowest BCUT2D eigenvalue weighted by molar-refractivity contribution is -0.140. The van der Waals surface area contributed by atoms with Gasteiger partial charge in [-0.1, -0.05) is 30.3 Å². The predicted octanol–water partition coefficient (Wildman–Crippen LogP) is 3.16. The summed E-state index contributed by atoms with van der Waals surface area (Å²) in [6.07, 6.45) is 1.80. The molecular weight excluding hydrogens is 394 g/mol. The van der Waals surface area contributed by atoms with Crippen molar-refractivity contribution in [2.75, 3.05) is 34.3 Å². The number of benzene rings is 2. The van der Waals surface area contributed by atoms with Gasteiger partial charge in [0.15, 0.2) is 0 Å². The highest BCUT2D eigenvalue weighted by Gasteiger charge is 2.46. The Morgan fingerprint density at radius 1 is 1.13 bits per heavy atom. The lowest BCUT2D eigenvalue weighted by Crippen LogP contribution is -2.35. The number of H-pyrrole nitrogens is 1. The molecule has 1 unspecified atom stereocenters. The number of aliphatic hydroxyl groups excluding tert-OH is 1. The molecule has 7 heteroatoms. The maximum absolute atomic E-state index is 13.1. The van der Waals surface area contributed by atoms with E-state index in [-0.39, 0.29) is 11.3 Å². The molecule has 1 saturated heterocycles. The molecule has 31 heavy (non-hydrogen) atoms. The number of hydrogen-bond acceptors (Lipinski definition) is 5. The molecular formula is C24H25N3O4. The van der Waals surface area contributed by atoms with Gasteiger partial charge >= 0.3 is 0 Å². The van der Waals surface area contributed by atoms with Crippen LogP contribution in [0.1, 0.15) is 17.2 Å². The number of rotatable bonds is 6. The normalized spacial score (nSPS) is 18.3. The fourth-order valence-electron chi connectivity index (χ4n) is 4.05. The molecule has 0 aliphatic carbocycles. The van der Waals surface area contributed by atoms with E-state index in [4.69, 9.17) is 4.74 Å². The molecule has 2 aromatic carbocycles. The third-order valence-corrected chi connectivity index (χ3v) is 5.61. The number of carbonyl (C=O) groups is 2. The minimum absolute atomic E-state index is 0.0676. The molecule has 0 bridgehead atoms. The molecule has 0 radical (unpaired) electrons. The van der Waals surface area contributed by atoms with Gasteiger partial charge in [0.1, 0.15) is 11.5 Å². The van der Waals surface area contributed by atoms with Gasteiger partial charge in [-0.15, -0.1) is 0 Å². The number of hydrogen-bond donors (Lipinski definition) is 2. The minimum atomic E-state index is -0.707. The molecule has 0 spiro atoms. The maximum Gasteiger partial charge on any atom is 0.295 e. The number of ketones is 1. The molecule has 0 saturated carbocycles. The van der Waals surface area contributed by atoms with Crippen LogP contribution in [0.5, 0.6) is 5.75 Å². The predicted molar refractivity (Wildman–Crippen MR) is 119 cm³/mol. The van der Waals surface area contributed by atoms with Crippen LogP contribution in [0.15, 0.2) is 60.3 Å². The molecule has 1 aliphatic rings. The number of nitrogens with one attached hydrogen (secondary N) is 1. The molecule has 2 N–H and O–H groups in total. The Morgan fingerprint density at radius 2 is 1.84 bits per heavy atom. The Kier molecular flexibility index (Phi) is 5.52. The second-order valence-electron chi connectivity index (χ2n) is 7.79. The largest absolute Gasteiger partial charge is 0.507 e. The monoisotopic (exact) mass is 419 g/mol. The molecule has 1 fully saturated rings. The van der Waals surface area contributed by atoms with Crippen molar-refractivity contribution in [2.45, 2.75) is 6.04 Å². The standard InChI is InChI=1S/C24H25N3O4/c1-26(2)12-13-27-21(17-14-25-18-10-6-4-8-15(17)18)20(23(29)24(27)30)22(28)16-9-5-7-11-19(16)31-3/h4-11,14,21,25,28H,12-13H2,1-3H3/b22-20+. The summed E-state index contributed by atoms with van der Waals surface area (Å²) in [5, 5.41) is 12.1. The van der Waals surface area contributed by atoms with Gasteiger partial charge in [-0.2, -0.15) is 0 Å². The highest BCUT2D eigenvalue weighted by atomic mass is 16.5. The molecule has 1 atom stereocenters. The average Bonchev–Trinajstić information content (AvgIpc) is 3.30. The van der Waals surface area contributed by atoms with Gasteiger partial charge in [0.2, 0.25) is 0 Å². The first kappa shape index (κ1) is 20.7. The van der Waals surface area contributed by atoms with Crippen molar-refractivity contribution in [3.8, 4) is 5.75 Å². The topological polar surface area (TPSA) is 85.9 Å². The number of likely N-dealkylation sites (N-methyl/N-ethyl adjacent to an activating group) is 1. The third kappa shape index (κ3) is 3.57. The van der Waals surface area contributed by atoms with E-state index in [2.05, 4.69) is 4.98 Å². The number of ether oxygens (including phenoxy) is 1. The number of amides is 1. The van der Waals surface area contributed by atoms with Gasteiger partial charge in [0.05, 0.1) is 24.3 Å². The summed E-state index contributed by atoms with van der Waals surface area (Å²) in [5.74, 6) is -1.12. The lowest BCUT2D eigenvalue weighted by atomic mass is 9.94. The van der Waals surface area contributed by atoms with Crippen molar-refractivity contribution in [1.29, 1.82) is 0 Å². The van der Waals surface area contributed by atoms with E-state index in [1.54, 1.807) is 35.4 Å². The molecule has 1 aromatic heterocycles. The van der Waals surface area contributed by atoms with E-state index < -0.39 is 17.7 Å². The highest BCUT2D eigenvalue weighted by molar-refractivity contribution is 6.46. The molecule has 1 amide bonds. The van der Waals surface area contributed by atoms with E-state index in [1.807, 2.05) is 43.3 Å². The van der Waals surface area contributed by atoms with Crippen LogP contribution in [0.2, 0.25) is 0 Å². The van der Waals surface area contributed by atoms with Gasteiger partial charge in [0, 0.05) is 35.8 Å². The molecule has 7 nitrogen and oxygen atoms in total. The van der Waals surface area contributed by atoms with Gasteiger partial charge < -0.3 is 24.6 Å². The van der Waals surface area contributed by atoms with Crippen molar-refractivity contribution in [2.24, 2.45) is 0 Å². The van der Waals surface area contributed by atoms with Gasteiger partial charge in [-0.25, -0.2) is 0 Å². The van der Waals surface area contributed by atoms with Crippen molar-refractivity contribution >= 4 is 28.4 Å². The fraction of sp³-hybridized carbons (Fsp3) is 0.250. The van der Waals surface area contributed by atoms with Crippen LogP contribution in [0, 0.1) is 0 Å².